The van der Waals surface area contributed by atoms with Crippen LogP contribution in [0.2, 0.25) is 5.02 Å². The lowest BCUT2D eigenvalue weighted by atomic mass is 10.1. The summed E-state index contributed by atoms with van der Waals surface area (Å²) in [7, 11) is 0. The van der Waals surface area contributed by atoms with E-state index < -0.39 is 17.8 Å². The summed E-state index contributed by atoms with van der Waals surface area (Å²) in [6, 6.07) is 15.4. The summed E-state index contributed by atoms with van der Waals surface area (Å²) in [6.07, 6.45) is 1.39. The molecule has 1 aromatic heterocycles. The van der Waals surface area contributed by atoms with Crippen molar-refractivity contribution in [3.05, 3.63) is 82.1 Å². The van der Waals surface area contributed by atoms with Crippen LogP contribution < -0.4 is 10.4 Å². The molecule has 2 heterocycles. The first-order chi connectivity index (χ1) is 15.4. The minimum absolute atomic E-state index is 0.0465. The van der Waals surface area contributed by atoms with Crippen LogP contribution in [0.25, 0.3) is 17.4 Å². The molecule has 1 aliphatic rings. The number of ether oxygens (including phenoxy) is 1. The number of amides is 2. The van der Waals surface area contributed by atoms with Crippen LogP contribution >= 0.6 is 11.6 Å². The Hall–Kier alpha value is -3.84. The second kappa shape index (κ2) is 8.72. The number of hydrazine groups is 1. The largest absolute Gasteiger partial charge is 0.462 e. The molecule has 3 aromatic rings. The molecule has 0 spiro atoms. The Labute approximate surface area is 189 Å². The zero-order chi connectivity index (χ0) is 22.8. The van der Waals surface area contributed by atoms with Crippen LogP contribution in [0, 0.1) is 6.92 Å². The smallest absolute Gasteiger partial charge is 0.339 e. The van der Waals surface area contributed by atoms with E-state index >= 15 is 0 Å². The normalized spacial score (nSPS) is 14.7. The summed E-state index contributed by atoms with van der Waals surface area (Å²) in [4.78, 5) is 37.2. The van der Waals surface area contributed by atoms with Gasteiger partial charge in [-0.3, -0.25) is 15.0 Å². The second-order valence-corrected chi connectivity index (χ2v) is 7.50. The molecule has 7 nitrogen and oxygen atoms in total. The molecular formula is C24H19ClN2O5. The topological polar surface area (TPSA) is 88.9 Å². The number of hydrogen-bond donors (Lipinski definition) is 1. The molecule has 4 rings (SSSR count). The number of nitrogens with zero attached hydrogens (tertiary/aromatic N) is 1. The number of anilines is 1. The minimum atomic E-state index is -0.530. The number of esters is 1. The van der Waals surface area contributed by atoms with Crippen LogP contribution in [0.1, 0.15) is 28.6 Å². The van der Waals surface area contributed by atoms with Crippen molar-refractivity contribution in [2.75, 3.05) is 11.6 Å². The van der Waals surface area contributed by atoms with E-state index in [9.17, 15) is 14.4 Å². The van der Waals surface area contributed by atoms with Crippen molar-refractivity contribution < 1.29 is 23.5 Å². The Morgan fingerprint density at radius 2 is 1.88 bits per heavy atom. The number of hydrogen-bond acceptors (Lipinski definition) is 5. The van der Waals surface area contributed by atoms with Gasteiger partial charge in [0.05, 0.1) is 22.9 Å². The van der Waals surface area contributed by atoms with Gasteiger partial charge in [0.25, 0.3) is 11.8 Å². The van der Waals surface area contributed by atoms with Crippen molar-refractivity contribution in [1.29, 1.82) is 0 Å². The molecule has 32 heavy (non-hydrogen) atoms. The van der Waals surface area contributed by atoms with Crippen LogP contribution in [-0.2, 0) is 14.3 Å². The van der Waals surface area contributed by atoms with E-state index in [1.165, 1.54) is 11.1 Å². The predicted octanol–water partition coefficient (Wildman–Crippen LogP) is 4.55. The zero-order valence-electron chi connectivity index (χ0n) is 17.3. The van der Waals surface area contributed by atoms with Gasteiger partial charge in [0.2, 0.25) is 0 Å². The van der Waals surface area contributed by atoms with Gasteiger partial charge in [0.1, 0.15) is 17.1 Å². The van der Waals surface area contributed by atoms with Crippen molar-refractivity contribution in [3.63, 3.8) is 0 Å². The monoisotopic (exact) mass is 450 g/mol. The van der Waals surface area contributed by atoms with E-state index in [2.05, 4.69) is 5.43 Å². The van der Waals surface area contributed by atoms with Crippen molar-refractivity contribution in [2.24, 2.45) is 0 Å². The van der Waals surface area contributed by atoms with E-state index in [0.29, 0.717) is 22.8 Å². The maximum absolute atomic E-state index is 12.8. The maximum atomic E-state index is 12.8. The number of benzene rings is 2. The molecule has 1 aliphatic heterocycles. The van der Waals surface area contributed by atoms with Crippen molar-refractivity contribution in [3.8, 4) is 11.3 Å². The molecule has 1 N–H and O–H groups in total. The summed E-state index contributed by atoms with van der Waals surface area (Å²) in [5.74, 6) is -0.771. The van der Waals surface area contributed by atoms with Gasteiger partial charge in [0, 0.05) is 5.56 Å². The van der Waals surface area contributed by atoms with Crippen molar-refractivity contribution in [1.82, 2.24) is 5.43 Å². The van der Waals surface area contributed by atoms with Gasteiger partial charge in [-0.1, -0.05) is 29.3 Å². The molecule has 162 valence electrons. The van der Waals surface area contributed by atoms with Crippen LogP contribution in [-0.4, -0.2) is 24.4 Å². The lowest BCUT2D eigenvalue weighted by Crippen LogP contribution is -2.35. The molecule has 2 aromatic carbocycles. The maximum Gasteiger partial charge on any atom is 0.339 e. The summed E-state index contributed by atoms with van der Waals surface area (Å²) < 4.78 is 10.8. The van der Waals surface area contributed by atoms with Gasteiger partial charge in [0.15, 0.2) is 0 Å². The summed E-state index contributed by atoms with van der Waals surface area (Å²) in [5, 5.41) is 1.47. The number of carbonyl (C=O) groups is 3. The number of rotatable bonds is 5. The van der Waals surface area contributed by atoms with Crippen molar-refractivity contribution >= 4 is 41.1 Å². The average molecular weight is 451 g/mol. The Kier molecular flexibility index (Phi) is 5.83. The molecule has 0 atom stereocenters. The fourth-order valence-corrected chi connectivity index (χ4v) is 3.40. The minimum Gasteiger partial charge on any atom is -0.462 e. The third kappa shape index (κ3) is 4.15. The molecule has 1 fully saturated rings. The molecule has 0 unspecified atom stereocenters. The molecular weight excluding hydrogens is 432 g/mol. The van der Waals surface area contributed by atoms with Gasteiger partial charge in [-0.05, 0) is 62.4 Å². The van der Waals surface area contributed by atoms with Crippen LogP contribution in [0.15, 0.2) is 64.6 Å². The first kappa shape index (κ1) is 21.4. The lowest BCUT2D eigenvalue weighted by Gasteiger charge is -2.14. The van der Waals surface area contributed by atoms with Crippen LogP contribution in [0.3, 0.4) is 0 Å². The van der Waals surface area contributed by atoms with Gasteiger partial charge < -0.3 is 9.15 Å². The third-order valence-electron chi connectivity index (χ3n) is 4.84. The average Bonchev–Trinajstić information content (AvgIpc) is 3.35. The van der Waals surface area contributed by atoms with E-state index in [4.69, 9.17) is 20.8 Å². The third-order valence-corrected chi connectivity index (χ3v) is 5.17. The number of nitrogens with one attached hydrogen (secondary N) is 1. The highest BCUT2D eigenvalue weighted by Gasteiger charge is 2.34. The SMILES string of the molecule is CCOC(=O)c1cc(-c2ccc(C=C3C(=O)NN(c4ccc(C)cc4)C3=O)o2)ccc1Cl. The number of aryl methyl sites for hydroxylation is 1. The lowest BCUT2D eigenvalue weighted by molar-refractivity contribution is -0.117. The van der Waals surface area contributed by atoms with E-state index in [1.54, 1.807) is 49.4 Å². The van der Waals surface area contributed by atoms with Crippen molar-refractivity contribution in [2.45, 2.75) is 13.8 Å². The van der Waals surface area contributed by atoms with Gasteiger partial charge in [-0.2, -0.15) is 0 Å². The van der Waals surface area contributed by atoms with Crippen LogP contribution in [0.4, 0.5) is 5.69 Å². The Morgan fingerprint density at radius 3 is 2.59 bits per heavy atom. The summed E-state index contributed by atoms with van der Waals surface area (Å²) in [6.45, 7) is 3.88. The Morgan fingerprint density at radius 1 is 1.12 bits per heavy atom. The van der Waals surface area contributed by atoms with Crippen LogP contribution in [0.5, 0.6) is 0 Å². The Balaban J connectivity index is 1.60. The number of carbonyl (C=O) groups excluding carboxylic acids is 3. The van der Waals surface area contributed by atoms with Gasteiger partial charge in [-0.15, -0.1) is 0 Å². The van der Waals surface area contributed by atoms with Gasteiger partial charge in [-0.25, -0.2) is 9.80 Å². The molecule has 0 radical (unpaired) electrons. The van der Waals surface area contributed by atoms with E-state index in [0.717, 1.165) is 5.56 Å². The summed E-state index contributed by atoms with van der Waals surface area (Å²) >= 11 is 6.11. The first-order valence-corrected chi connectivity index (χ1v) is 10.3. The number of halogens is 1. The van der Waals surface area contributed by atoms with Gasteiger partial charge >= 0.3 is 5.97 Å². The van der Waals surface area contributed by atoms with E-state index in [-0.39, 0.29) is 22.8 Å². The van der Waals surface area contributed by atoms with E-state index in [1.807, 2.05) is 19.1 Å². The second-order valence-electron chi connectivity index (χ2n) is 7.09. The molecule has 0 aliphatic carbocycles. The molecule has 0 saturated carbocycles. The standard InChI is InChI=1S/C24H19ClN2O5/c1-3-31-24(30)18-12-15(6-10-20(18)25)21-11-9-17(32-21)13-19-22(28)26-27(23(19)29)16-7-4-14(2)5-8-16/h4-13H,3H2,1-2H3,(H,26,28). The summed E-state index contributed by atoms with van der Waals surface area (Å²) in [5.41, 5.74) is 4.94. The molecule has 1 saturated heterocycles. The number of furan rings is 1. The Bertz CT molecular complexity index is 1240. The highest BCUT2D eigenvalue weighted by atomic mass is 35.5. The first-order valence-electron chi connectivity index (χ1n) is 9.88. The fourth-order valence-electron chi connectivity index (χ4n) is 3.20. The highest BCUT2D eigenvalue weighted by molar-refractivity contribution is 6.33. The highest BCUT2D eigenvalue weighted by Crippen LogP contribution is 2.29. The molecule has 0 bridgehead atoms. The fraction of sp³-hybridized carbons (Fsp3) is 0.125. The predicted molar refractivity (Wildman–Crippen MR) is 120 cm³/mol. The zero-order valence-corrected chi connectivity index (χ0v) is 18.1. The molecule has 2 amide bonds. The quantitative estimate of drug-likeness (QED) is 0.350. The molecule has 8 heteroatoms.